The molecule has 194 valence electrons. The topological polar surface area (TPSA) is 135 Å². The molecule has 0 atom stereocenters. The highest BCUT2D eigenvalue weighted by molar-refractivity contribution is 7.17. The van der Waals surface area contributed by atoms with E-state index in [-0.39, 0.29) is 23.5 Å². The molecule has 1 aromatic carbocycles. The maximum Gasteiger partial charge on any atom is 0.338 e. The van der Waals surface area contributed by atoms with Gasteiger partial charge in [0.15, 0.2) is 0 Å². The third-order valence-electron chi connectivity index (χ3n) is 6.14. The van der Waals surface area contributed by atoms with Gasteiger partial charge in [-0.1, -0.05) is 0 Å². The lowest BCUT2D eigenvalue weighted by atomic mass is 10.1. The highest BCUT2D eigenvalue weighted by Crippen LogP contribution is 2.35. The predicted octanol–water partition coefficient (Wildman–Crippen LogP) is 3.36. The Morgan fingerprint density at radius 3 is 2.54 bits per heavy atom. The van der Waals surface area contributed by atoms with E-state index >= 15 is 0 Å². The number of hydrogen-bond acceptors (Lipinski definition) is 10. The number of fused-ring (bicyclic) bond motifs is 1. The number of amides is 2. The molecule has 2 aromatic heterocycles. The molecule has 0 spiro atoms. The Bertz CT molecular complexity index is 1360. The number of nitrogens with zero attached hydrogens (tertiary/aromatic N) is 5. The molecule has 2 amide bonds. The predicted molar refractivity (Wildman–Crippen MR) is 144 cm³/mol. The van der Waals surface area contributed by atoms with Gasteiger partial charge in [0.1, 0.15) is 17.3 Å². The number of urea groups is 1. The zero-order valence-electron chi connectivity index (χ0n) is 21.0. The molecule has 0 aliphatic carbocycles. The minimum absolute atomic E-state index is 0.206. The van der Waals surface area contributed by atoms with Crippen LogP contribution in [-0.2, 0) is 9.47 Å². The number of aromatic nitrogens is 2. The lowest BCUT2D eigenvalue weighted by Gasteiger charge is -2.35. The van der Waals surface area contributed by atoms with Gasteiger partial charge < -0.3 is 30.3 Å². The Hall–Kier alpha value is -3.93. The molecule has 1 fully saturated rings. The van der Waals surface area contributed by atoms with Crippen LogP contribution in [0.4, 0.5) is 22.2 Å². The first-order valence-corrected chi connectivity index (χ1v) is 13.0. The van der Waals surface area contributed by atoms with Gasteiger partial charge in [0.05, 0.1) is 28.7 Å². The SMILES string of the molecule is CCOC(=O)c1ccc(NC(=O)N2CCN(c3nc(N)nc4scc(C5=NC(C)(C)CO5)c34)CC2)cc1. The first-order chi connectivity index (χ1) is 17.7. The monoisotopic (exact) mass is 523 g/mol. The van der Waals surface area contributed by atoms with Gasteiger partial charge in [-0.3, -0.25) is 0 Å². The second-order valence-electron chi connectivity index (χ2n) is 9.46. The fourth-order valence-electron chi connectivity index (χ4n) is 4.28. The van der Waals surface area contributed by atoms with Crippen molar-refractivity contribution in [3.05, 3.63) is 40.8 Å². The van der Waals surface area contributed by atoms with Crippen LogP contribution in [0, 0.1) is 0 Å². The molecule has 1 saturated heterocycles. The number of carbonyl (C=O) groups is 2. The summed E-state index contributed by atoms with van der Waals surface area (Å²) in [4.78, 5) is 43.1. The van der Waals surface area contributed by atoms with Crippen LogP contribution in [0.5, 0.6) is 0 Å². The molecule has 3 aromatic rings. The summed E-state index contributed by atoms with van der Waals surface area (Å²) < 4.78 is 10.9. The number of nitrogens with two attached hydrogens (primary N) is 1. The van der Waals surface area contributed by atoms with Gasteiger partial charge in [0, 0.05) is 37.2 Å². The maximum atomic E-state index is 12.9. The molecule has 0 saturated carbocycles. The maximum absolute atomic E-state index is 12.9. The number of benzene rings is 1. The van der Waals surface area contributed by atoms with Crippen LogP contribution in [0.2, 0.25) is 0 Å². The molecule has 0 unspecified atom stereocenters. The van der Waals surface area contributed by atoms with Gasteiger partial charge in [-0.05, 0) is 45.0 Å². The number of ether oxygens (including phenoxy) is 2. The van der Waals surface area contributed by atoms with Gasteiger partial charge in [0.25, 0.3) is 0 Å². The van der Waals surface area contributed by atoms with Crippen LogP contribution in [0.3, 0.4) is 0 Å². The average Bonchev–Trinajstić information content (AvgIpc) is 3.46. The largest absolute Gasteiger partial charge is 0.475 e. The van der Waals surface area contributed by atoms with Crippen LogP contribution in [-0.4, -0.2) is 77.7 Å². The molecule has 11 nitrogen and oxygen atoms in total. The number of hydrogen-bond donors (Lipinski definition) is 2. The van der Waals surface area contributed by atoms with E-state index < -0.39 is 0 Å². The number of nitrogens with one attached hydrogen (secondary N) is 1. The number of piperazine rings is 1. The lowest BCUT2D eigenvalue weighted by Crippen LogP contribution is -2.50. The second-order valence-corrected chi connectivity index (χ2v) is 10.3. The Kier molecular flexibility index (Phi) is 6.59. The van der Waals surface area contributed by atoms with E-state index in [0.717, 1.165) is 21.6 Å². The van der Waals surface area contributed by atoms with Gasteiger partial charge >= 0.3 is 12.0 Å². The van der Waals surface area contributed by atoms with Gasteiger partial charge in [-0.15, -0.1) is 11.3 Å². The van der Waals surface area contributed by atoms with Crippen LogP contribution in [0.25, 0.3) is 10.2 Å². The summed E-state index contributed by atoms with van der Waals surface area (Å²) in [5.74, 6) is 1.14. The molecule has 2 aliphatic heterocycles. The molecular formula is C25H29N7O4S. The van der Waals surface area contributed by atoms with Crippen LogP contribution in [0.1, 0.15) is 36.7 Å². The van der Waals surface area contributed by atoms with Crippen LogP contribution < -0.4 is 16.0 Å². The average molecular weight is 524 g/mol. The summed E-state index contributed by atoms with van der Waals surface area (Å²) in [6.07, 6.45) is 0. The standard InChI is InChI=1S/C25H29N7O4S/c1-4-35-22(33)15-5-7-16(8-6-15)27-24(34)32-11-9-31(10-12-32)19-18-17(20-30-25(2,3)14-36-20)13-37-21(18)29-23(26)28-19/h5-8,13H,4,9-12,14H2,1-3H3,(H,27,34)(H2,26,28,29). The Morgan fingerprint density at radius 1 is 1.16 bits per heavy atom. The van der Waals surface area contributed by atoms with Gasteiger partial charge in [-0.2, -0.15) is 4.98 Å². The molecule has 12 heteroatoms. The normalized spacial score (nSPS) is 16.9. The van der Waals surface area contributed by atoms with E-state index in [2.05, 4.69) is 20.2 Å². The zero-order valence-corrected chi connectivity index (χ0v) is 21.8. The molecule has 3 N–H and O–H groups in total. The van der Waals surface area contributed by atoms with E-state index in [1.54, 1.807) is 36.1 Å². The number of nitrogen functional groups attached to an aromatic ring is 1. The highest BCUT2D eigenvalue weighted by Gasteiger charge is 2.31. The van der Waals surface area contributed by atoms with E-state index in [9.17, 15) is 9.59 Å². The van der Waals surface area contributed by atoms with Crippen molar-refractivity contribution in [2.45, 2.75) is 26.3 Å². The van der Waals surface area contributed by atoms with E-state index in [4.69, 9.17) is 20.2 Å². The first-order valence-electron chi connectivity index (χ1n) is 12.1. The Morgan fingerprint density at radius 2 is 1.89 bits per heavy atom. The van der Waals surface area contributed by atoms with E-state index in [1.807, 2.05) is 19.2 Å². The van der Waals surface area contributed by atoms with Crippen LogP contribution >= 0.6 is 11.3 Å². The summed E-state index contributed by atoms with van der Waals surface area (Å²) >= 11 is 1.48. The van der Waals surface area contributed by atoms with Crippen molar-refractivity contribution in [2.24, 2.45) is 4.99 Å². The smallest absolute Gasteiger partial charge is 0.338 e. The van der Waals surface area contributed by atoms with Crippen molar-refractivity contribution in [2.75, 3.05) is 55.3 Å². The highest BCUT2D eigenvalue weighted by atomic mass is 32.1. The zero-order chi connectivity index (χ0) is 26.2. The summed E-state index contributed by atoms with van der Waals surface area (Å²) in [5, 5.41) is 5.75. The molecule has 0 bridgehead atoms. The molecule has 37 heavy (non-hydrogen) atoms. The molecule has 2 aliphatic rings. The molecule has 0 radical (unpaired) electrons. The number of rotatable bonds is 5. The Balaban J connectivity index is 1.28. The summed E-state index contributed by atoms with van der Waals surface area (Å²) in [6.45, 7) is 8.81. The third kappa shape index (κ3) is 5.15. The van der Waals surface area contributed by atoms with Crippen molar-refractivity contribution in [1.82, 2.24) is 14.9 Å². The second kappa shape index (κ2) is 9.85. The summed E-state index contributed by atoms with van der Waals surface area (Å²) in [5.41, 5.74) is 7.67. The fraction of sp³-hybridized carbons (Fsp3) is 0.400. The van der Waals surface area contributed by atoms with Crippen molar-refractivity contribution < 1.29 is 19.1 Å². The van der Waals surface area contributed by atoms with Gasteiger partial charge in [0.2, 0.25) is 11.8 Å². The van der Waals surface area contributed by atoms with Crippen molar-refractivity contribution in [1.29, 1.82) is 0 Å². The van der Waals surface area contributed by atoms with Crippen LogP contribution in [0.15, 0.2) is 34.6 Å². The summed E-state index contributed by atoms with van der Waals surface area (Å²) in [6, 6.07) is 6.44. The third-order valence-corrected chi connectivity index (χ3v) is 7.01. The van der Waals surface area contributed by atoms with Crippen molar-refractivity contribution >= 4 is 56.9 Å². The van der Waals surface area contributed by atoms with Gasteiger partial charge in [-0.25, -0.2) is 19.6 Å². The summed E-state index contributed by atoms with van der Waals surface area (Å²) in [7, 11) is 0. The van der Waals surface area contributed by atoms with Crippen molar-refractivity contribution in [3.8, 4) is 0 Å². The fourth-order valence-corrected chi connectivity index (χ4v) is 5.19. The minimum Gasteiger partial charge on any atom is -0.475 e. The van der Waals surface area contributed by atoms with Crippen molar-refractivity contribution in [3.63, 3.8) is 0 Å². The molecule has 4 heterocycles. The first kappa shape index (κ1) is 24.8. The number of aliphatic imine (C=N–C) groups is 1. The molecular weight excluding hydrogens is 494 g/mol. The lowest BCUT2D eigenvalue weighted by molar-refractivity contribution is 0.0526. The number of esters is 1. The van der Waals surface area contributed by atoms with E-state index in [0.29, 0.717) is 56.5 Å². The Labute approximate surface area is 218 Å². The quantitative estimate of drug-likeness (QED) is 0.486. The van der Waals surface area contributed by atoms with E-state index in [1.165, 1.54) is 11.3 Å². The number of anilines is 3. The minimum atomic E-state index is -0.389. The number of thiophene rings is 1. The number of carbonyl (C=O) groups excluding carboxylic acids is 2. The molecule has 5 rings (SSSR count).